The Labute approximate surface area is 203 Å². The van der Waals surface area contributed by atoms with Gasteiger partial charge in [0.1, 0.15) is 11.4 Å². The summed E-state index contributed by atoms with van der Waals surface area (Å²) in [6.07, 6.45) is 5.45. The van der Waals surface area contributed by atoms with Gasteiger partial charge in [-0.15, -0.1) is 0 Å². The van der Waals surface area contributed by atoms with Crippen LogP contribution >= 0.6 is 0 Å². The average Bonchev–Trinajstić information content (AvgIpc) is 3.23. The number of nitrogens with zero attached hydrogens (tertiary/aromatic N) is 1. The molecule has 0 bridgehead atoms. The first kappa shape index (κ1) is 24.6. The molecule has 2 aromatic carbocycles. The first-order valence-corrected chi connectivity index (χ1v) is 12.0. The number of halogens is 1. The summed E-state index contributed by atoms with van der Waals surface area (Å²) in [5.41, 5.74) is 1.87. The third-order valence-electron chi connectivity index (χ3n) is 6.70. The van der Waals surface area contributed by atoms with Crippen molar-refractivity contribution in [3.05, 3.63) is 59.6 Å². The van der Waals surface area contributed by atoms with Crippen molar-refractivity contribution in [3.8, 4) is 5.75 Å². The Kier molecular flexibility index (Phi) is 7.58. The molecule has 0 spiro atoms. The van der Waals surface area contributed by atoms with E-state index in [0.717, 1.165) is 31.4 Å². The molecule has 1 aromatic heterocycles. The lowest BCUT2D eigenvalue weighted by atomic mass is 9.82. The molecule has 2 N–H and O–H groups in total. The minimum Gasteiger partial charge on any atom is -0.492 e. The molecule has 1 aliphatic rings. The molecular formula is C27H31FN2O5. The topological polar surface area (TPSA) is 92.0 Å². The van der Waals surface area contributed by atoms with Crippen LogP contribution in [0.3, 0.4) is 0 Å². The van der Waals surface area contributed by atoms with Crippen molar-refractivity contribution in [2.45, 2.75) is 44.6 Å². The zero-order valence-corrected chi connectivity index (χ0v) is 20.1. The Morgan fingerprint density at radius 1 is 1.17 bits per heavy atom. The summed E-state index contributed by atoms with van der Waals surface area (Å²) < 4.78 is 25.8. The molecule has 1 atom stereocenters. The molecule has 4 rings (SSSR count). The molecule has 1 aliphatic carbocycles. The molecule has 8 heteroatoms. The minimum absolute atomic E-state index is 0.103. The average molecular weight is 483 g/mol. The predicted molar refractivity (Wildman–Crippen MR) is 131 cm³/mol. The summed E-state index contributed by atoms with van der Waals surface area (Å²) in [7, 11) is 3.16. The van der Waals surface area contributed by atoms with Crippen molar-refractivity contribution in [3.63, 3.8) is 0 Å². The highest BCUT2D eigenvalue weighted by Gasteiger charge is 2.32. The highest BCUT2D eigenvalue weighted by molar-refractivity contribution is 5.94. The number of carboxylic acid groups (broad SMARTS) is 1. The molecule has 1 fully saturated rings. The Hall–Kier alpha value is -3.55. The number of carboxylic acids is 1. The maximum Gasteiger partial charge on any atom is 0.305 e. The van der Waals surface area contributed by atoms with Gasteiger partial charge >= 0.3 is 5.97 Å². The van der Waals surface area contributed by atoms with Gasteiger partial charge in [0.15, 0.2) is 11.5 Å². The normalized spacial score (nSPS) is 15.1. The number of hydrogen-bond donors (Lipinski definition) is 2. The zero-order valence-electron chi connectivity index (χ0n) is 20.1. The van der Waals surface area contributed by atoms with Crippen LogP contribution in [-0.2, 0) is 4.79 Å². The molecule has 0 aliphatic heterocycles. The minimum atomic E-state index is -0.943. The number of carbonyl (C=O) groups excluding carboxylic acids is 1. The molecule has 186 valence electrons. The van der Waals surface area contributed by atoms with Crippen molar-refractivity contribution in [2.75, 3.05) is 26.0 Å². The van der Waals surface area contributed by atoms with Crippen LogP contribution in [0.15, 0.2) is 46.9 Å². The number of rotatable bonds is 9. The van der Waals surface area contributed by atoms with Gasteiger partial charge in [0.05, 0.1) is 25.0 Å². The maximum atomic E-state index is 13.9. The summed E-state index contributed by atoms with van der Waals surface area (Å²) in [5.74, 6) is -0.0299. The van der Waals surface area contributed by atoms with Crippen LogP contribution in [0.1, 0.15) is 60.7 Å². The summed E-state index contributed by atoms with van der Waals surface area (Å²) >= 11 is 0. The Morgan fingerprint density at radius 2 is 1.89 bits per heavy atom. The van der Waals surface area contributed by atoms with E-state index in [1.807, 2.05) is 12.1 Å². The van der Waals surface area contributed by atoms with E-state index in [2.05, 4.69) is 5.32 Å². The van der Waals surface area contributed by atoms with E-state index in [1.54, 1.807) is 32.4 Å². The molecule has 0 radical (unpaired) electrons. The number of anilines is 1. The largest absolute Gasteiger partial charge is 0.492 e. The van der Waals surface area contributed by atoms with Gasteiger partial charge in [0, 0.05) is 24.8 Å². The van der Waals surface area contributed by atoms with Crippen LogP contribution in [0.5, 0.6) is 5.75 Å². The standard InChI is InChI=1S/C27H31FN2O5/c1-30(15-14-23(31)32)27(33)18-8-11-20(12-9-18)29-24(17-6-4-3-5-7-17)26-25(34-2)21-16-19(28)10-13-22(21)35-26/h8-13,16-17,24,29H,3-7,14-15H2,1-2H3,(H,31,32). The lowest BCUT2D eigenvalue weighted by Gasteiger charge is -2.31. The first-order chi connectivity index (χ1) is 16.9. The van der Waals surface area contributed by atoms with Crippen LogP contribution in [0.2, 0.25) is 0 Å². The van der Waals surface area contributed by atoms with Crippen LogP contribution in [0, 0.1) is 11.7 Å². The summed E-state index contributed by atoms with van der Waals surface area (Å²) in [6, 6.07) is 11.4. The van der Waals surface area contributed by atoms with E-state index >= 15 is 0 Å². The number of benzene rings is 2. The molecule has 1 heterocycles. The van der Waals surface area contributed by atoms with Gasteiger partial charge in [-0.2, -0.15) is 0 Å². The second-order valence-corrected chi connectivity index (χ2v) is 9.11. The van der Waals surface area contributed by atoms with Crippen LogP contribution < -0.4 is 10.1 Å². The Morgan fingerprint density at radius 3 is 2.54 bits per heavy atom. The fourth-order valence-electron chi connectivity index (χ4n) is 4.82. The lowest BCUT2D eigenvalue weighted by Crippen LogP contribution is -2.29. The number of amides is 1. The Bertz CT molecular complexity index is 1180. The Balaban J connectivity index is 1.60. The molecule has 1 unspecified atom stereocenters. The fourth-order valence-corrected chi connectivity index (χ4v) is 4.82. The number of hydrogen-bond acceptors (Lipinski definition) is 5. The molecule has 35 heavy (non-hydrogen) atoms. The van der Waals surface area contributed by atoms with Crippen molar-refractivity contribution in [1.82, 2.24) is 4.90 Å². The van der Waals surface area contributed by atoms with Crippen molar-refractivity contribution in [1.29, 1.82) is 0 Å². The number of fused-ring (bicyclic) bond motifs is 1. The zero-order chi connectivity index (χ0) is 24.9. The number of aliphatic carboxylic acids is 1. The van der Waals surface area contributed by atoms with Crippen LogP contribution in [0.25, 0.3) is 11.0 Å². The summed E-state index contributed by atoms with van der Waals surface area (Å²) in [6.45, 7) is 0.143. The monoisotopic (exact) mass is 482 g/mol. The molecule has 1 saturated carbocycles. The van der Waals surface area contributed by atoms with Gasteiger partial charge in [0.2, 0.25) is 0 Å². The van der Waals surface area contributed by atoms with E-state index in [4.69, 9.17) is 14.3 Å². The van der Waals surface area contributed by atoms with Crippen molar-refractivity contribution >= 4 is 28.5 Å². The number of nitrogens with one attached hydrogen (secondary N) is 1. The second-order valence-electron chi connectivity index (χ2n) is 9.11. The first-order valence-electron chi connectivity index (χ1n) is 12.0. The van der Waals surface area contributed by atoms with Gasteiger partial charge in [-0.25, -0.2) is 4.39 Å². The van der Waals surface area contributed by atoms with E-state index in [-0.39, 0.29) is 30.7 Å². The second kappa shape index (κ2) is 10.8. The van der Waals surface area contributed by atoms with Gasteiger partial charge in [-0.05, 0) is 61.2 Å². The van der Waals surface area contributed by atoms with Crippen LogP contribution in [-0.4, -0.2) is 42.6 Å². The highest BCUT2D eigenvalue weighted by Crippen LogP contribution is 2.44. The third kappa shape index (κ3) is 5.58. The number of ether oxygens (including phenoxy) is 1. The number of carbonyl (C=O) groups is 2. The van der Waals surface area contributed by atoms with Crippen molar-refractivity contribution in [2.24, 2.45) is 5.92 Å². The third-order valence-corrected chi connectivity index (χ3v) is 6.70. The molecular weight excluding hydrogens is 451 g/mol. The van der Waals surface area contributed by atoms with E-state index in [0.29, 0.717) is 34.0 Å². The number of methoxy groups -OCH3 is 1. The smallest absolute Gasteiger partial charge is 0.305 e. The van der Waals surface area contributed by atoms with Crippen molar-refractivity contribution < 1.29 is 28.2 Å². The molecule has 1 amide bonds. The molecule has 0 saturated heterocycles. The number of furan rings is 1. The highest BCUT2D eigenvalue weighted by atomic mass is 19.1. The fraction of sp³-hybridized carbons (Fsp3) is 0.407. The molecule has 3 aromatic rings. The quantitative estimate of drug-likeness (QED) is 0.397. The van der Waals surface area contributed by atoms with Gasteiger partial charge in [-0.3, -0.25) is 9.59 Å². The van der Waals surface area contributed by atoms with Crippen LogP contribution in [0.4, 0.5) is 10.1 Å². The van der Waals surface area contributed by atoms with Gasteiger partial charge in [0.25, 0.3) is 5.91 Å². The SMILES string of the molecule is COc1c(C(Nc2ccc(C(=O)N(C)CCC(=O)O)cc2)C2CCCCC2)oc2ccc(F)cc12. The maximum absolute atomic E-state index is 13.9. The summed E-state index contributed by atoms with van der Waals surface area (Å²) in [5, 5.41) is 13.0. The van der Waals surface area contributed by atoms with E-state index in [1.165, 1.54) is 23.5 Å². The van der Waals surface area contributed by atoms with E-state index in [9.17, 15) is 14.0 Å². The van der Waals surface area contributed by atoms with Gasteiger partial charge < -0.3 is 24.5 Å². The predicted octanol–water partition coefficient (Wildman–Crippen LogP) is 5.86. The molecule has 7 nitrogen and oxygen atoms in total. The summed E-state index contributed by atoms with van der Waals surface area (Å²) in [4.78, 5) is 24.8. The lowest BCUT2D eigenvalue weighted by molar-refractivity contribution is -0.137. The van der Waals surface area contributed by atoms with Gasteiger partial charge in [-0.1, -0.05) is 19.3 Å². The van der Waals surface area contributed by atoms with E-state index < -0.39 is 5.97 Å².